The molecule has 0 spiro atoms. The SMILES string of the molecule is CCO/C(CC)=C1\C(=O)Nc2ccc(C(=O)NCCOC)cc21. The van der Waals surface area contributed by atoms with Gasteiger partial charge in [0.05, 0.1) is 18.8 Å². The summed E-state index contributed by atoms with van der Waals surface area (Å²) in [5, 5.41) is 5.58. The molecule has 2 N–H and O–H groups in total. The topological polar surface area (TPSA) is 76.7 Å². The van der Waals surface area contributed by atoms with E-state index in [1.54, 1.807) is 25.3 Å². The fourth-order valence-electron chi connectivity index (χ4n) is 2.48. The van der Waals surface area contributed by atoms with Crippen molar-refractivity contribution in [3.8, 4) is 0 Å². The van der Waals surface area contributed by atoms with E-state index in [9.17, 15) is 9.59 Å². The monoisotopic (exact) mass is 318 g/mol. The second-order valence-corrected chi connectivity index (χ2v) is 5.05. The summed E-state index contributed by atoms with van der Waals surface area (Å²) in [5.41, 5.74) is 2.42. The number of carbonyl (C=O) groups is 2. The van der Waals surface area contributed by atoms with Gasteiger partial charge in [-0.25, -0.2) is 0 Å². The maximum Gasteiger partial charge on any atom is 0.259 e. The second-order valence-electron chi connectivity index (χ2n) is 5.05. The molecule has 1 aromatic carbocycles. The molecule has 0 radical (unpaired) electrons. The van der Waals surface area contributed by atoms with E-state index in [1.807, 2.05) is 13.8 Å². The summed E-state index contributed by atoms with van der Waals surface area (Å²) in [6.45, 7) is 5.19. The lowest BCUT2D eigenvalue weighted by Crippen LogP contribution is -2.26. The molecule has 0 aromatic heterocycles. The minimum absolute atomic E-state index is 0.192. The normalized spacial score (nSPS) is 15.0. The molecule has 1 heterocycles. The third-order valence-electron chi connectivity index (χ3n) is 3.54. The summed E-state index contributed by atoms with van der Waals surface area (Å²) in [6.07, 6.45) is 0.611. The number of rotatable bonds is 7. The van der Waals surface area contributed by atoms with Crippen molar-refractivity contribution in [1.82, 2.24) is 5.32 Å². The highest BCUT2D eigenvalue weighted by atomic mass is 16.5. The van der Waals surface area contributed by atoms with Crippen LogP contribution in [0.25, 0.3) is 5.57 Å². The molecule has 2 rings (SSSR count). The van der Waals surface area contributed by atoms with Crippen LogP contribution >= 0.6 is 0 Å². The van der Waals surface area contributed by atoms with E-state index in [4.69, 9.17) is 9.47 Å². The zero-order valence-corrected chi connectivity index (χ0v) is 13.7. The van der Waals surface area contributed by atoms with E-state index in [0.717, 1.165) is 0 Å². The molecule has 6 nitrogen and oxygen atoms in total. The zero-order chi connectivity index (χ0) is 16.8. The van der Waals surface area contributed by atoms with Crippen LogP contribution < -0.4 is 10.6 Å². The number of carbonyl (C=O) groups excluding carboxylic acids is 2. The fourth-order valence-corrected chi connectivity index (χ4v) is 2.48. The Morgan fingerprint density at radius 1 is 1.30 bits per heavy atom. The van der Waals surface area contributed by atoms with Crippen LogP contribution in [0, 0.1) is 0 Å². The second kappa shape index (κ2) is 7.78. The van der Waals surface area contributed by atoms with Crippen molar-refractivity contribution < 1.29 is 19.1 Å². The number of methoxy groups -OCH3 is 1. The van der Waals surface area contributed by atoms with Gasteiger partial charge in [-0.15, -0.1) is 0 Å². The standard InChI is InChI=1S/C17H22N2O4/c1-4-14(23-5-2)15-12-10-11(16(20)18-8-9-22-3)6-7-13(12)19-17(15)21/h6-7,10H,4-5,8-9H2,1-3H3,(H,18,20)(H,19,21)/b15-14-. The van der Waals surface area contributed by atoms with Gasteiger partial charge in [0.1, 0.15) is 5.76 Å². The van der Waals surface area contributed by atoms with Crippen molar-refractivity contribution in [3.05, 3.63) is 35.1 Å². The Hall–Kier alpha value is -2.34. The molecule has 0 fully saturated rings. The quantitative estimate of drug-likeness (QED) is 0.459. The lowest BCUT2D eigenvalue weighted by atomic mass is 10.0. The van der Waals surface area contributed by atoms with Gasteiger partial charge in [-0.2, -0.15) is 0 Å². The molecule has 0 saturated carbocycles. The number of allylic oxidation sites excluding steroid dienone is 1. The number of nitrogens with one attached hydrogen (secondary N) is 2. The van der Waals surface area contributed by atoms with E-state index >= 15 is 0 Å². The van der Waals surface area contributed by atoms with Crippen molar-refractivity contribution in [1.29, 1.82) is 0 Å². The first kappa shape index (κ1) is 17.0. The maximum absolute atomic E-state index is 12.2. The third kappa shape index (κ3) is 3.71. The molecule has 124 valence electrons. The largest absolute Gasteiger partial charge is 0.497 e. The summed E-state index contributed by atoms with van der Waals surface area (Å²) in [5.74, 6) is 0.251. The molecule has 0 saturated heterocycles. The van der Waals surface area contributed by atoms with Crippen LogP contribution in [-0.2, 0) is 14.3 Å². The van der Waals surface area contributed by atoms with Crippen LogP contribution in [0.5, 0.6) is 0 Å². The van der Waals surface area contributed by atoms with Crippen LogP contribution in [0.1, 0.15) is 36.2 Å². The molecule has 1 aliphatic heterocycles. The van der Waals surface area contributed by atoms with Crippen molar-refractivity contribution >= 4 is 23.1 Å². The average molecular weight is 318 g/mol. The summed E-state index contributed by atoms with van der Waals surface area (Å²) in [7, 11) is 1.58. The Morgan fingerprint density at radius 2 is 2.09 bits per heavy atom. The molecule has 23 heavy (non-hydrogen) atoms. The number of hydrogen-bond donors (Lipinski definition) is 2. The number of ether oxygens (including phenoxy) is 2. The molecular formula is C17H22N2O4. The van der Waals surface area contributed by atoms with Crippen LogP contribution in [0.3, 0.4) is 0 Å². The molecule has 1 aromatic rings. The van der Waals surface area contributed by atoms with Gasteiger partial charge in [-0.1, -0.05) is 6.92 Å². The van der Waals surface area contributed by atoms with Gasteiger partial charge in [-0.3, -0.25) is 9.59 Å². The van der Waals surface area contributed by atoms with E-state index in [-0.39, 0.29) is 11.8 Å². The van der Waals surface area contributed by atoms with Crippen LogP contribution in [0.15, 0.2) is 24.0 Å². The predicted molar refractivity (Wildman–Crippen MR) is 88.1 cm³/mol. The van der Waals surface area contributed by atoms with Crippen molar-refractivity contribution in [2.45, 2.75) is 20.3 Å². The smallest absolute Gasteiger partial charge is 0.259 e. The Kier molecular flexibility index (Phi) is 5.76. The third-order valence-corrected chi connectivity index (χ3v) is 3.54. The molecule has 6 heteroatoms. The van der Waals surface area contributed by atoms with Crippen molar-refractivity contribution in [2.24, 2.45) is 0 Å². The van der Waals surface area contributed by atoms with Crippen molar-refractivity contribution in [2.75, 3.05) is 32.2 Å². The maximum atomic E-state index is 12.2. The van der Waals surface area contributed by atoms with E-state index in [2.05, 4.69) is 10.6 Å². The van der Waals surface area contributed by atoms with Gasteiger partial charge >= 0.3 is 0 Å². The van der Waals surface area contributed by atoms with Gasteiger partial charge in [0, 0.05) is 36.9 Å². The van der Waals surface area contributed by atoms with Crippen LogP contribution in [0.2, 0.25) is 0 Å². The molecule has 0 unspecified atom stereocenters. The van der Waals surface area contributed by atoms with Crippen molar-refractivity contribution in [3.63, 3.8) is 0 Å². The highest BCUT2D eigenvalue weighted by molar-refractivity contribution is 6.32. The molecule has 2 amide bonds. The first-order valence-electron chi connectivity index (χ1n) is 7.71. The van der Waals surface area contributed by atoms with Gasteiger partial charge in [-0.05, 0) is 25.1 Å². The Balaban J connectivity index is 2.33. The first-order valence-corrected chi connectivity index (χ1v) is 7.71. The molecular weight excluding hydrogens is 296 g/mol. The molecule has 1 aliphatic rings. The minimum atomic E-state index is -0.196. The Bertz CT molecular complexity index is 637. The molecule has 0 aliphatic carbocycles. The van der Waals surface area contributed by atoms with Gasteiger partial charge < -0.3 is 20.1 Å². The summed E-state index contributed by atoms with van der Waals surface area (Å²) in [6, 6.07) is 5.15. The Labute approximate surface area is 135 Å². The lowest BCUT2D eigenvalue weighted by Gasteiger charge is -2.10. The van der Waals surface area contributed by atoms with E-state index in [0.29, 0.717) is 54.3 Å². The molecule has 0 bridgehead atoms. The number of hydrogen-bond acceptors (Lipinski definition) is 4. The highest BCUT2D eigenvalue weighted by Crippen LogP contribution is 2.35. The fraction of sp³-hybridized carbons (Fsp3) is 0.412. The zero-order valence-electron chi connectivity index (χ0n) is 13.7. The van der Waals surface area contributed by atoms with Crippen LogP contribution in [0.4, 0.5) is 5.69 Å². The predicted octanol–water partition coefficient (Wildman–Crippen LogP) is 2.17. The number of fused-ring (bicyclic) bond motifs is 1. The highest BCUT2D eigenvalue weighted by Gasteiger charge is 2.28. The summed E-state index contributed by atoms with van der Waals surface area (Å²) < 4.78 is 10.5. The average Bonchev–Trinajstić information content (AvgIpc) is 2.87. The van der Waals surface area contributed by atoms with Gasteiger partial charge in [0.25, 0.3) is 11.8 Å². The lowest BCUT2D eigenvalue weighted by molar-refractivity contribution is -0.111. The van der Waals surface area contributed by atoms with E-state index < -0.39 is 0 Å². The summed E-state index contributed by atoms with van der Waals surface area (Å²) in [4.78, 5) is 24.4. The van der Waals surface area contributed by atoms with Gasteiger partial charge in [0.15, 0.2) is 0 Å². The van der Waals surface area contributed by atoms with Gasteiger partial charge in [0.2, 0.25) is 0 Å². The Morgan fingerprint density at radius 3 is 2.74 bits per heavy atom. The number of amides is 2. The summed E-state index contributed by atoms with van der Waals surface area (Å²) >= 11 is 0. The molecule has 0 atom stereocenters. The number of anilines is 1. The minimum Gasteiger partial charge on any atom is -0.497 e. The van der Waals surface area contributed by atoms with Crippen LogP contribution in [-0.4, -0.2) is 38.7 Å². The van der Waals surface area contributed by atoms with E-state index in [1.165, 1.54) is 0 Å². The first-order chi connectivity index (χ1) is 11.1. The number of benzene rings is 1.